The maximum Gasteiger partial charge on any atom is 0.383 e. The monoisotopic (exact) mass is 336 g/mol. The standard InChI is InChI=1S/C18H24O6/c1-2-3-4-5-11-23-17-16(20)15-13(22-12-7-10-19)8-6-9-14(15)24-18(17)21/h6,8-9,19-20H,2-5,7,10-12H2,1H3. The van der Waals surface area contributed by atoms with Gasteiger partial charge in [0.15, 0.2) is 5.75 Å². The first-order chi connectivity index (χ1) is 11.7. The molecule has 1 aromatic heterocycles. The van der Waals surface area contributed by atoms with Crippen LogP contribution in [0.25, 0.3) is 11.0 Å². The van der Waals surface area contributed by atoms with Crippen LogP contribution in [0.5, 0.6) is 17.2 Å². The van der Waals surface area contributed by atoms with E-state index >= 15 is 0 Å². The third-order valence-corrected chi connectivity index (χ3v) is 3.63. The summed E-state index contributed by atoms with van der Waals surface area (Å²) in [5, 5.41) is 19.6. The third-order valence-electron chi connectivity index (χ3n) is 3.63. The average molecular weight is 336 g/mol. The number of benzene rings is 1. The number of fused-ring (bicyclic) bond motifs is 1. The third kappa shape index (κ3) is 4.41. The van der Waals surface area contributed by atoms with Crippen molar-refractivity contribution in [1.82, 2.24) is 0 Å². The van der Waals surface area contributed by atoms with Crippen LogP contribution in [0.1, 0.15) is 39.0 Å². The lowest BCUT2D eigenvalue weighted by molar-refractivity contribution is 0.234. The van der Waals surface area contributed by atoms with Crippen LogP contribution in [0.15, 0.2) is 27.4 Å². The summed E-state index contributed by atoms with van der Waals surface area (Å²) in [6.45, 7) is 2.76. The van der Waals surface area contributed by atoms with Gasteiger partial charge in [-0.25, -0.2) is 4.79 Å². The zero-order chi connectivity index (χ0) is 17.4. The van der Waals surface area contributed by atoms with Gasteiger partial charge in [-0.1, -0.05) is 32.3 Å². The van der Waals surface area contributed by atoms with Crippen molar-refractivity contribution in [3.63, 3.8) is 0 Å². The molecular weight excluding hydrogens is 312 g/mol. The van der Waals surface area contributed by atoms with E-state index in [0.29, 0.717) is 30.8 Å². The molecule has 24 heavy (non-hydrogen) atoms. The van der Waals surface area contributed by atoms with Crippen LogP contribution in [0.2, 0.25) is 0 Å². The lowest BCUT2D eigenvalue weighted by Gasteiger charge is -2.12. The van der Waals surface area contributed by atoms with E-state index < -0.39 is 5.63 Å². The fourth-order valence-electron chi connectivity index (χ4n) is 2.38. The lowest BCUT2D eigenvalue weighted by Crippen LogP contribution is -2.09. The van der Waals surface area contributed by atoms with Gasteiger partial charge in [0.2, 0.25) is 5.75 Å². The summed E-state index contributed by atoms with van der Waals surface area (Å²) in [4.78, 5) is 12.0. The van der Waals surface area contributed by atoms with Crippen molar-refractivity contribution in [3.05, 3.63) is 28.6 Å². The van der Waals surface area contributed by atoms with Crippen molar-refractivity contribution >= 4 is 11.0 Å². The molecule has 132 valence electrons. The van der Waals surface area contributed by atoms with Crippen molar-refractivity contribution in [3.8, 4) is 17.2 Å². The van der Waals surface area contributed by atoms with Gasteiger partial charge >= 0.3 is 5.63 Å². The molecule has 0 aliphatic carbocycles. The second-order valence-corrected chi connectivity index (χ2v) is 5.53. The Morgan fingerprint density at radius 3 is 2.62 bits per heavy atom. The largest absolute Gasteiger partial charge is 0.503 e. The molecule has 0 saturated carbocycles. The SMILES string of the molecule is CCCCCCOc1c(O)c2c(OCCCO)cccc2oc1=O. The number of unbranched alkanes of at least 4 members (excludes halogenated alkanes) is 3. The molecule has 0 fully saturated rings. The Morgan fingerprint density at radius 2 is 1.88 bits per heavy atom. The highest BCUT2D eigenvalue weighted by Gasteiger charge is 2.18. The summed E-state index contributed by atoms with van der Waals surface area (Å²) >= 11 is 0. The van der Waals surface area contributed by atoms with Crippen molar-refractivity contribution in [2.24, 2.45) is 0 Å². The molecule has 0 unspecified atom stereocenters. The molecule has 1 aromatic carbocycles. The summed E-state index contributed by atoms with van der Waals surface area (Å²) in [5.41, 5.74) is -0.472. The molecule has 0 saturated heterocycles. The first-order valence-corrected chi connectivity index (χ1v) is 8.34. The molecule has 0 atom stereocenters. The van der Waals surface area contributed by atoms with Crippen molar-refractivity contribution in [2.75, 3.05) is 19.8 Å². The normalized spacial score (nSPS) is 10.9. The molecule has 0 bridgehead atoms. The summed E-state index contributed by atoms with van der Waals surface area (Å²) < 4.78 is 16.2. The van der Waals surface area contributed by atoms with E-state index in [0.717, 1.165) is 25.7 Å². The van der Waals surface area contributed by atoms with E-state index in [1.165, 1.54) is 0 Å². The molecule has 6 nitrogen and oxygen atoms in total. The molecule has 1 heterocycles. The van der Waals surface area contributed by atoms with Crippen LogP contribution >= 0.6 is 0 Å². The highest BCUT2D eigenvalue weighted by Crippen LogP contribution is 2.37. The van der Waals surface area contributed by atoms with Crippen LogP contribution < -0.4 is 15.1 Å². The Kier molecular flexibility index (Phi) is 6.93. The highest BCUT2D eigenvalue weighted by molar-refractivity contribution is 5.91. The first-order valence-electron chi connectivity index (χ1n) is 8.34. The van der Waals surface area contributed by atoms with Gasteiger partial charge in [-0.3, -0.25) is 0 Å². The quantitative estimate of drug-likeness (QED) is 0.511. The second-order valence-electron chi connectivity index (χ2n) is 5.53. The van der Waals surface area contributed by atoms with Gasteiger partial charge < -0.3 is 24.1 Å². The summed E-state index contributed by atoms with van der Waals surface area (Å²) in [6, 6.07) is 4.93. The van der Waals surface area contributed by atoms with Crippen LogP contribution in [-0.2, 0) is 0 Å². The van der Waals surface area contributed by atoms with Crippen LogP contribution in [0.3, 0.4) is 0 Å². The molecule has 2 N–H and O–H groups in total. The van der Waals surface area contributed by atoms with Gasteiger partial charge in [0.1, 0.15) is 16.7 Å². The Hall–Kier alpha value is -2.21. The van der Waals surface area contributed by atoms with Gasteiger partial charge in [-0.05, 0) is 18.6 Å². The number of hydrogen-bond donors (Lipinski definition) is 2. The summed E-state index contributed by atoms with van der Waals surface area (Å²) in [7, 11) is 0. The van der Waals surface area contributed by atoms with Gasteiger partial charge in [0.05, 0.1) is 13.2 Å². The second kappa shape index (κ2) is 9.17. The number of ether oxygens (including phenoxy) is 2. The maximum atomic E-state index is 12.0. The van der Waals surface area contributed by atoms with Crippen molar-refractivity contribution < 1.29 is 24.1 Å². The zero-order valence-electron chi connectivity index (χ0n) is 13.9. The minimum Gasteiger partial charge on any atom is -0.503 e. The van der Waals surface area contributed by atoms with Crippen LogP contribution in [-0.4, -0.2) is 30.0 Å². The van der Waals surface area contributed by atoms with Gasteiger partial charge in [-0.2, -0.15) is 0 Å². The Bertz CT molecular complexity index is 706. The van der Waals surface area contributed by atoms with E-state index in [4.69, 9.17) is 19.0 Å². The Balaban J connectivity index is 2.25. The number of hydrogen-bond acceptors (Lipinski definition) is 6. The summed E-state index contributed by atoms with van der Waals surface area (Å²) in [5.74, 6) is -0.0634. The molecule has 0 amide bonds. The number of aromatic hydroxyl groups is 1. The predicted molar refractivity (Wildman–Crippen MR) is 91.0 cm³/mol. The highest BCUT2D eigenvalue weighted by atomic mass is 16.5. The number of aliphatic hydroxyl groups excluding tert-OH is 1. The van der Waals surface area contributed by atoms with Gasteiger partial charge in [-0.15, -0.1) is 0 Å². The minimum absolute atomic E-state index is 0.0119. The Morgan fingerprint density at radius 1 is 1.08 bits per heavy atom. The molecule has 0 spiro atoms. The number of rotatable bonds is 10. The molecule has 2 aromatic rings. The Labute approximate surface area is 140 Å². The number of aliphatic hydroxyl groups is 1. The average Bonchev–Trinajstić information content (AvgIpc) is 2.57. The predicted octanol–water partition coefficient (Wildman–Crippen LogP) is 3.22. The van der Waals surface area contributed by atoms with Gasteiger partial charge in [0, 0.05) is 13.0 Å². The zero-order valence-corrected chi connectivity index (χ0v) is 13.9. The molecule has 0 aliphatic heterocycles. The van der Waals surface area contributed by atoms with E-state index in [1.807, 2.05) is 0 Å². The van der Waals surface area contributed by atoms with Crippen LogP contribution in [0.4, 0.5) is 0 Å². The van der Waals surface area contributed by atoms with E-state index in [-0.39, 0.29) is 23.7 Å². The minimum atomic E-state index is -0.706. The first kappa shape index (κ1) is 18.1. The van der Waals surface area contributed by atoms with Gasteiger partial charge in [0.25, 0.3) is 0 Å². The molecule has 0 radical (unpaired) electrons. The van der Waals surface area contributed by atoms with Crippen molar-refractivity contribution in [1.29, 1.82) is 0 Å². The maximum absolute atomic E-state index is 12.0. The fraction of sp³-hybridized carbons (Fsp3) is 0.500. The van der Waals surface area contributed by atoms with Crippen LogP contribution in [0, 0.1) is 0 Å². The molecule has 2 rings (SSSR count). The van der Waals surface area contributed by atoms with E-state index in [9.17, 15) is 9.90 Å². The fourth-order valence-corrected chi connectivity index (χ4v) is 2.38. The van der Waals surface area contributed by atoms with E-state index in [1.54, 1.807) is 18.2 Å². The van der Waals surface area contributed by atoms with Crippen molar-refractivity contribution in [2.45, 2.75) is 39.0 Å². The molecular formula is C18H24O6. The smallest absolute Gasteiger partial charge is 0.383 e. The molecule has 0 aliphatic rings. The lowest BCUT2D eigenvalue weighted by atomic mass is 10.2. The van der Waals surface area contributed by atoms with E-state index in [2.05, 4.69) is 6.92 Å². The topological polar surface area (TPSA) is 89.1 Å². The summed E-state index contributed by atoms with van der Waals surface area (Å²) in [6.07, 6.45) is 4.49. The molecule has 6 heteroatoms.